The normalized spacial score (nSPS) is 12.5. The van der Waals surface area contributed by atoms with Gasteiger partial charge in [0, 0.05) is 32.9 Å². The molecule has 0 saturated heterocycles. The van der Waals surface area contributed by atoms with Crippen LogP contribution in [0.4, 0.5) is 0 Å². The molecule has 1 atom stereocenters. The third-order valence-corrected chi connectivity index (χ3v) is 4.83. The number of benzene rings is 1. The van der Waals surface area contributed by atoms with Crippen LogP contribution in [0, 0.1) is 0 Å². The fourth-order valence-electron chi connectivity index (χ4n) is 2.05. The van der Waals surface area contributed by atoms with Gasteiger partial charge in [-0.15, -0.1) is 12.4 Å². The van der Waals surface area contributed by atoms with Crippen LogP contribution in [-0.4, -0.2) is 24.1 Å². The van der Waals surface area contributed by atoms with E-state index in [2.05, 4.69) is 4.72 Å². The van der Waals surface area contributed by atoms with Gasteiger partial charge in [0.15, 0.2) is 4.90 Å². The van der Waals surface area contributed by atoms with Gasteiger partial charge in [0.05, 0.1) is 0 Å². The van der Waals surface area contributed by atoms with Gasteiger partial charge in [-0.2, -0.15) is 0 Å². The Labute approximate surface area is 145 Å². The van der Waals surface area contributed by atoms with Gasteiger partial charge in [0.25, 0.3) is 5.56 Å². The predicted molar refractivity (Wildman–Crippen MR) is 92.7 cm³/mol. The van der Waals surface area contributed by atoms with Gasteiger partial charge in [-0.05, 0) is 5.56 Å². The van der Waals surface area contributed by atoms with E-state index < -0.39 is 32.2 Å². The minimum atomic E-state index is -4.08. The van der Waals surface area contributed by atoms with Crippen molar-refractivity contribution in [3.63, 3.8) is 0 Å². The van der Waals surface area contributed by atoms with Crippen LogP contribution in [-0.2, 0) is 24.1 Å². The number of aryl methyl sites for hydroxylation is 1. The smallest absolute Gasteiger partial charge is 0.323 e. The highest BCUT2D eigenvalue weighted by Crippen LogP contribution is 2.09. The molecule has 1 aromatic carbocycles. The summed E-state index contributed by atoms with van der Waals surface area (Å²) in [5.41, 5.74) is 5.22. The van der Waals surface area contributed by atoms with Crippen molar-refractivity contribution in [3.8, 4) is 0 Å². The molecule has 8 nitrogen and oxygen atoms in total. The van der Waals surface area contributed by atoms with E-state index in [1.165, 1.54) is 14.1 Å². The van der Waals surface area contributed by atoms with Gasteiger partial charge in [0.1, 0.15) is 0 Å². The first-order chi connectivity index (χ1) is 10.7. The Hall–Kier alpha value is -1.94. The summed E-state index contributed by atoms with van der Waals surface area (Å²) in [7, 11) is -1.49. The van der Waals surface area contributed by atoms with Crippen molar-refractivity contribution in [2.24, 2.45) is 19.8 Å². The molecule has 1 unspecified atom stereocenters. The van der Waals surface area contributed by atoms with Gasteiger partial charge in [0.2, 0.25) is 10.0 Å². The molecule has 1 aromatic heterocycles. The Kier molecular flexibility index (Phi) is 6.50. The fourth-order valence-corrected chi connectivity index (χ4v) is 3.27. The highest BCUT2D eigenvalue weighted by molar-refractivity contribution is 7.89. The van der Waals surface area contributed by atoms with Crippen molar-refractivity contribution in [3.05, 3.63) is 62.9 Å². The van der Waals surface area contributed by atoms with Gasteiger partial charge in [-0.1, -0.05) is 30.3 Å². The summed E-state index contributed by atoms with van der Waals surface area (Å²) >= 11 is 0. The second kappa shape index (κ2) is 7.75. The molecule has 0 aliphatic carbocycles. The van der Waals surface area contributed by atoms with Crippen molar-refractivity contribution in [1.82, 2.24) is 13.9 Å². The molecule has 0 aliphatic heterocycles. The lowest BCUT2D eigenvalue weighted by atomic mass is 10.1. The molecule has 0 amide bonds. The van der Waals surface area contributed by atoms with E-state index in [0.717, 1.165) is 20.9 Å². The zero-order valence-electron chi connectivity index (χ0n) is 13.2. The molecule has 0 radical (unpaired) electrons. The van der Waals surface area contributed by atoms with E-state index in [1.807, 2.05) is 6.07 Å². The number of hydrogen-bond donors (Lipinski definition) is 2. The third kappa shape index (κ3) is 4.12. The number of nitrogens with zero attached hydrogens (tertiary/aromatic N) is 2. The molecule has 132 valence electrons. The standard InChI is InChI=1S/C14H18N4O4S.ClH/c1-17-9-12(13(19)18(2)14(17)20)23(21,22)16-8-11(15)10-6-4-3-5-7-10;/h3-7,9,11,16H,8,15H2,1-2H3;1H. The number of sulfonamides is 1. The minimum Gasteiger partial charge on any atom is -0.323 e. The van der Waals surface area contributed by atoms with E-state index in [1.54, 1.807) is 24.3 Å². The zero-order chi connectivity index (χ0) is 17.2. The second-order valence-electron chi connectivity index (χ2n) is 5.12. The molecule has 10 heteroatoms. The van der Waals surface area contributed by atoms with E-state index in [9.17, 15) is 18.0 Å². The summed E-state index contributed by atoms with van der Waals surface area (Å²) in [5, 5.41) is 0. The topological polar surface area (TPSA) is 116 Å². The summed E-state index contributed by atoms with van der Waals surface area (Å²) in [6.07, 6.45) is 1.00. The number of nitrogens with one attached hydrogen (secondary N) is 1. The summed E-state index contributed by atoms with van der Waals surface area (Å²) < 4.78 is 28.7. The SMILES string of the molecule is Cl.Cn1cc(S(=O)(=O)NCC(N)c2ccccc2)c(=O)n(C)c1=O. The van der Waals surface area contributed by atoms with E-state index >= 15 is 0 Å². The second-order valence-corrected chi connectivity index (χ2v) is 6.86. The number of hydrogen-bond acceptors (Lipinski definition) is 5. The summed E-state index contributed by atoms with van der Waals surface area (Å²) in [6.45, 7) is -0.0711. The average Bonchev–Trinajstić information content (AvgIpc) is 2.54. The maximum absolute atomic E-state index is 12.3. The molecular weight excluding hydrogens is 356 g/mol. The average molecular weight is 375 g/mol. The molecule has 0 fully saturated rings. The molecule has 2 rings (SSSR count). The first-order valence-electron chi connectivity index (χ1n) is 6.81. The van der Waals surface area contributed by atoms with Crippen LogP contribution in [0.2, 0.25) is 0 Å². The van der Waals surface area contributed by atoms with Crippen LogP contribution in [0.25, 0.3) is 0 Å². The quantitative estimate of drug-likeness (QED) is 0.730. The maximum Gasteiger partial charge on any atom is 0.330 e. The first-order valence-corrected chi connectivity index (χ1v) is 8.29. The number of aromatic nitrogens is 2. The minimum absolute atomic E-state index is 0. The van der Waals surface area contributed by atoms with Crippen LogP contribution in [0.5, 0.6) is 0 Å². The predicted octanol–water partition coefficient (Wildman–Crippen LogP) is -0.516. The lowest BCUT2D eigenvalue weighted by Crippen LogP contribution is -2.42. The fraction of sp³-hybridized carbons (Fsp3) is 0.286. The zero-order valence-corrected chi connectivity index (χ0v) is 14.8. The van der Waals surface area contributed by atoms with Crippen LogP contribution < -0.4 is 21.7 Å². The highest BCUT2D eigenvalue weighted by Gasteiger charge is 2.22. The summed E-state index contributed by atoms with van der Waals surface area (Å²) in [5.74, 6) is 0. The Balaban J connectivity index is 0.00000288. The Bertz CT molecular complexity index is 922. The third-order valence-electron chi connectivity index (χ3n) is 3.43. The molecule has 3 N–H and O–H groups in total. The van der Waals surface area contributed by atoms with E-state index in [-0.39, 0.29) is 19.0 Å². The summed E-state index contributed by atoms with van der Waals surface area (Å²) in [6, 6.07) is 8.43. The van der Waals surface area contributed by atoms with Crippen molar-refractivity contribution < 1.29 is 8.42 Å². The molecule has 0 saturated carbocycles. The highest BCUT2D eigenvalue weighted by atomic mass is 35.5. The molecule has 0 bridgehead atoms. The molecule has 0 spiro atoms. The lowest BCUT2D eigenvalue weighted by molar-refractivity contribution is 0.563. The largest absolute Gasteiger partial charge is 0.330 e. The Morgan fingerprint density at radius 1 is 1.17 bits per heavy atom. The van der Waals surface area contributed by atoms with Crippen LogP contribution in [0.3, 0.4) is 0 Å². The van der Waals surface area contributed by atoms with Crippen LogP contribution in [0.1, 0.15) is 11.6 Å². The lowest BCUT2D eigenvalue weighted by Gasteiger charge is -2.14. The Morgan fingerprint density at radius 3 is 2.33 bits per heavy atom. The van der Waals surface area contributed by atoms with Crippen molar-refractivity contribution >= 4 is 22.4 Å². The van der Waals surface area contributed by atoms with Crippen LogP contribution >= 0.6 is 12.4 Å². The van der Waals surface area contributed by atoms with E-state index in [4.69, 9.17) is 5.73 Å². The Morgan fingerprint density at radius 2 is 1.75 bits per heavy atom. The molecule has 24 heavy (non-hydrogen) atoms. The molecule has 2 aromatic rings. The van der Waals surface area contributed by atoms with Gasteiger partial charge in [-0.25, -0.2) is 17.9 Å². The summed E-state index contributed by atoms with van der Waals surface area (Å²) in [4.78, 5) is 23.1. The van der Waals surface area contributed by atoms with Crippen molar-refractivity contribution in [2.75, 3.05) is 6.54 Å². The molecule has 1 heterocycles. The van der Waals surface area contributed by atoms with Gasteiger partial charge < -0.3 is 10.3 Å². The van der Waals surface area contributed by atoms with Gasteiger partial charge >= 0.3 is 5.69 Å². The van der Waals surface area contributed by atoms with Crippen molar-refractivity contribution in [2.45, 2.75) is 10.9 Å². The van der Waals surface area contributed by atoms with E-state index in [0.29, 0.717) is 0 Å². The number of halogens is 1. The number of rotatable bonds is 5. The van der Waals surface area contributed by atoms with Crippen LogP contribution in [0.15, 0.2) is 51.0 Å². The molecular formula is C14H19ClN4O4S. The van der Waals surface area contributed by atoms with Crippen molar-refractivity contribution in [1.29, 1.82) is 0 Å². The monoisotopic (exact) mass is 374 g/mol. The maximum atomic E-state index is 12.3. The number of nitrogens with two attached hydrogens (primary N) is 1. The molecule has 0 aliphatic rings. The first kappa shape index (κ1) is 20.1. The van der Waals surface area contributed by atoms with Gasteiger partial charge in [-0.3, -0.25) is 9.36 Å².